The molecule has 0 spiro atoms. The fraction of sp³-hybridized carbons (Fsp3) is 0.786. The molecule has 1 saturated carbocycles. The van der Waals surface area contributed by atoms with E-state index < -0.39 is 0 Å². The molecular formula is C14H25N3. The first-order chi connectivity index (χ1) is 8.11. The number of nitrogens with zero attached hydrogens (tertiary/aromatic N) is 2. The molecule has 1 fully saturated rings. The van der Waals surface area contributed by atoms with Gasteiger partial charge in [0.25, 0.3) is 0 Å². The quantitative estimate of drug-likeness (QED) is 0.867. The molecule has 1 aromatic heterocycles. The minimum absolute atomic E-state index is 0.636. The fourth-order valence-electron chi connectivity index (χ4n) is 2.86. The van der Waals surface area contributed by atoms with E-state index in [0.29, 0.717) is 6.04 Å². The summed E-state index contributed by atoms with van der Waals surface area (Å²) in [4.78, 5) is 4.57. The van der Waals surface area contributed by atoms with Gasteiger partial charge < -0.3 is 9.88 Å². The second-order valence-corrected chi connectivity index (χ2v) is 5.56. The molecule has 0 aromatic carbocycles. The predicted molar refractivity (Wildman–Crippen MR) is 72.3 cm³/mol. The molecular weight excluding hydrogens is 210 g/mol. The Kier molecular flexibility index (Phi) is 3.75. The largest absolute Gasteiger partial charge is 0.356 e. The Morgan fingerprint density at radius 1 is 1.35 bits per heavy atom. The van der Waals surface area contributed by atoms with Gasteiger partial charge in [0.05, 0.1) is 5.69 Å². The van der Waals surface area contributed by atoms with Gasteiger partial charge in [-0.2, -0.15) is 0 Å². The van der Waals surface area contributed by atoms with Crippen LogP contribution in [-0.2, 0) is 0 Å². The zero-order valence-corrected chi connectivity index (χ0v) is 11.5. The summed E-state index contributed by atoms with van der Waals surface area (Å²) < 4.78 is 2.36. The van der Waals surface area contributed by atoms with Gasteiger partial charge >= 0.3 is 0 Å². The second kappa shape index (κ2) is 5.11. The monoisotopic (exact) mass is 235 g/mol. The van der Waals surface area contributed by atoms with Crippen LogP contribution in [0.1, 0.15) is 51.8 Å². The molecule has 3 atom stereocenters. The van der Waals surface area contributed by atoms with Gasteiger partial charge in [0, 0.05) is 18.8 Å². The normalized spacial score (nSPS) is 29.3. The van der Waals surface area contributed by atoms with Gasteiger partial charge in [0.15, 0.2) is 0 Å². The molecule has 0 bridgehead atoms. The van der Waals surface area contributed by atoms with Crippen LogP contribution in [0, 0.1) is 18.8 Å². The van der Waals surface area contributed by atoms with Gasteiger partial charge in [0.1, 0.15) is 0 Å². The molecule has 0 aliphatic heterocycles. The summed E-state index contributed by atoms with van der Waals surface area (Å²) in [6, 6.07) is 0.636. The van der Waals surface area contributed by atoms with Gasteiger partial charge in [0.2, 0.25) is 5.95 Å². The van der Waals surface area contributed by atoms with E-state index in [0.717, 1.165) is 30.0 Å². The summed E-state index contributed by atoms with van der Waals surface area (Å²) in [5, 5.41) is 3.37. The Bertz CT molecular complexity index is 370. The van der Waals surface area contributed by atoms with Crippen LogP contribution in [0.15, 0.2) is 6.20 Å². The fourth-order valence-corrected chi connectivity index (χ4v) is 2.86. The van der Waals surface area contributed by atoms with Crippen molar-refractivity contribution in [3.05, 3.63) is 11.9 Å². The average molecular weight is 235 g/mol. The standard InChI is InChI=1S/C14H25N3/c1-5-15-14-16-12(4)9-17(14)13-7-6-10(2)11(3)8-13/h9-11,13H,5-8H2,1-4H3,(H,15,16). The van der Waals surface area contributed by atoms with E-state index in [1.807, 2.05) is 0 Å². The predicted octanol–water partition coefficient (Wildman–Crippen LogP) is 3.62. The third-order valence-corrected chi connectivity index (χ3v) is 4.15. The Hall–Kier alpha value is -0.990. The summed E-state index contributed by atoms with van der Waals surface area (Å²) in [7, 11) is 0. The Morgan fingerprint density at radius 3 is 2.76 bits per heavy atom. The van der Waals surface area contributed by atoms with Crippen LogP contribution >= 0.6 is 0 Å². The van der Waals surface area contributed by atoms with E-state index in [-0.39, 0.29) is 0 Å². The minimum atomic E-state index is 0.636. The number of nitrogens with one attached hydrogen (secondary N) is 1. The summed E-state index contributed by atoms with van der Waals surface area (Å²) in [5.41, 5.74) is 1.12. The van der Waals surface area contributed by atoms with Gasteiger partial charge in [-0.25, -0.2) is 4.98 Å². The van der Waals surface area contributed by atoms with Crippen molar-refractivity contribution in [2.45, 2.75) is 53.0 Å². The zero-order valence-electron chi connectivity index (χ0n) is 11.5. The zero-order chi connectivity index (χ0) is 12.4. The summed E-state index contributed by atoms with van der Waals surface area (Å²) in [6.45, 7) is 9.90. The Morgan fingerprint density at radius 2 is 2.12 bits per heavy atom. The smallest absolute Gasteiger partial charge is 0.203 e. The van der Waals surface area contributed by atoms with E-state index in [9.17, 15) is 0 Å². The highest BCUT2D eigenvalue weighted by Gasteiger charge is 2.26. The van der Waals surface area contributed by atoms with Crippen LogP contribution in [-0.4, -0.2) is 16.1 Å². The molecule has 1 aromatic rings. The lowest BCUT2D eigenvalue weighted by molar-refractivity contribution is 0.212. The molecule has 0 radical (unpaired) electrons. The minimum Gasteiger partial charge on any atom is -0.356 e. The maximum atomic E-state index is 4.57. The van der Waals surface area contributed by atoms with Crippen molar-refractivity contribution in [1.29, 1.82) is 0 Å². The number of hydrogen-bond donors (Lipinski definition) is 1. The highest BCUT2D eigenvalue weighted by molar-refractivity contribution is 5.29. The van der Waals surface area contributed by atoms with Crippen molar-refractivity contribution in [3.63, 3.8) is 0 Å². The third-order valence-electron chi connectivity index (χ3n) is 4.15. The summed E-state index contributed by atoms with van der Waals surface area (Å²) in [6.07, 6.45) is 6.12. The molecule has 17 heavy (non-hydrogen) atoms. The van der Waals surface area contributed by atoms with Crippen molar-refractivity contribution < 1.29 is 0 Å². The van der Waals surface area contributed by atoms with Crippen LogP contribution < -0.4 is 5.32 Å². The van der Waals surface area contributed by atoms with Gasteiger partial charge in [-0.3, -0.25) is 0 Å². The third kappa shape index (κ3) is 2.64. The summed E-state index contributed by atoms with van der Waals surface area (Å²) >= 11 is 0. The van der Waals surface area contributed by atoms with Crippen LogP contribution in [0.5, 0.6) is 0 Å². The highest BCUT2D eigenvalue weighted by atomic mass is 15.2. The second-order valence-electron chi connectivity index (χ2n) is 5.56. The lowest BCUT2D eigenvalue weighted by Crippen LogP contribution is -2.24. The van der Waals surface area contributed by atoms with Gasteiger partial charge in [-0.15, -0.1) is 0 Å². The van der Waals surface area contributed by atoms with Crippen LogP contribution in [0.4, 0.5) is 5.95 Å². The van der Waals surface area contributed by atoms with Crippen molar-refractivity contribution >= 4 is 5.95 Å². The lowest BCUT2D eigenvalue weighted by atomic mass is 9.79. The summed E-state index contributed by atoms with van der Waals surface area (Å²) in [5.74, 6) is 2.75. The van der Waals surface area contributed by atoms with Gasteiger partial charge in [-0.1, -0.05) is 13.8 Å². The maximum Gasteiger partial charge on any atom is 0.203 e. The number of aromatic nitrogens is 2. The first kappa shape index (κ1) is 12.5. The van der Waals surface area contributed by atoms with E-state index in [4.69, 9.17) is 0 Å². The van der Waals surface area contributed by atoms with Crippen LogP contribution in [0.3, 0.4) is 0 Å². The molecule has 96 valence electrons. The number of anilines is 1. The molecule has 3 unspecified atom stereocenters. The van der Waals surface area contributed by atoms with Gasteiger partial charge in [-0.05, 0) is 44.9 Å². The lowest BCUT2D eigenvalue weighted by Gasteiger charge is -2.33. The molecule has 1 aliphatic rings. The highest BCUT2D eigenvalue weighted by Crippen LogP contribution is 2.37. The Balaban J connectivity index is 2.16. The first-order valence-corrected chi connectivity index (χ1v) is 6.91. The van der Waals surface area contributed by atoms with E-state index in [1.54, 1.807) is 0 Å². The molecule has 2 rings (SSSR count). The molecule has 0 amide bonds. The van der Waals surface area contributed by atoms with Crippen molar-refractivity contribution in [2.24, 2.45) is 11.8 Å². The molecule has 3 heteroatoms. The van der Waals surface area contributed by atoms with E-state index in [2.05, 4.69) is 48.8 Å². The van der Waals surface area contributed by atoms with Crippen molar-refractivity contribution in [3.8, 4) is 0 Å². The maximum absolute atomic E-state index is 4.57. The van der Waals surface area contributed by atoms with Crippen molar-refractivity contribution in [1.82, 2.24) is 9.55 Å². The molecule has 0 saturated heterocycles. The van der Waals surface area contributed by atoms with Crippen molar-refractivity contribution in [2.75, 3.05) is 11.9 Å². The van der Waals surface area contributed by atoms with E-state index in [1.165, 1.54) is 19.3 Å². The number of imidazole rings is 1. The Labute approximate surface area is 105 Å². The first-order valence-electron chi connectivity index (χ1n) is 6.91. The molecule has 1 aliphatic carbocycles. The van der Waals surface area contributed by atoms with Crippen LogP contribution in [0.2, 0.25) is 0 Å². The van der Waals surface area contributed by atoms with Crippen LogP contribution in [0.25, 0.3) is 0 Å². The molecule has 3 nitrogen and oxygen atoms in total. The number of hydrogen-bond acceptors (Lipinski definition) is 2. The number of aryl methyl sites for hydroxylation is 1. The number of rotatable bonds is 3. The average Bonchev–Trinajstić information content (AvgIpc) is 2.64. The molecule has 1 N–H and O–H groups in total. The van der Waals surface area contributed by atoms with E-state index >= 15 is 0 Å². The molecule has 1 heterocycles. The topological polar surface area (TPSA) is 29.9 Å². The SMILES string of the molecule is CCNc1nc(C)cn1C1CCC(C)C(C)C1.